The highest BCUT2D eigenvalue weighted by Crippen LogP contribution is 2.20. The molecule has 1 aromatic carbocycles. The van der Waals surface area contributed by atoms with Crippen molar-refractivity contribution in [2.75, 3.05) is 7.11 Å². The Balaban J connectivity index is 2.12. The molecule has 0 saturated heterocycles. The Kier molecular flexibility index (Phi) is 3.89. The van der Waals surface area contributed by atoms with E-state index in [-0.39, 0.29) is 12.4 Å². The average Bonchev–Trinajstić information content (AvgIpc) is 2.88. The Morgan fingerprint density at radius 1 is 1.37 bits per heavy atom. The van der Waals surface area contributed by atoms with E-state index in [4.69, 9.17) is 0 Å². The van der Waals surface area contributed by atoms with Gasteiger partial charge < -0.3 is 9.72 Å². The third-order valence-corrected chi connectivity index (χ3v) is 2.65. The molecule has 6 heteroatoms. The molecule has 100 valence electrons. The van der Waals surface area contributed by atoms with Crippen LogP contribution in [0.25, 0.3) is 11.3 Å². The smallest absolute Gasteiger partial charge is 0.305 e. The predicted octanol–water partition coefficient (Wildman–Crippen LogP) is 2.46. The number of carbonyl (C=O) groups is 1. The summed E-state index contributed by atoms with van der Waals surface area (Å²) in [4.78, 5) is 18.0. The van der Waals surface area contributed by atoms with Crippen LogP contribution in [0.2, 0.25) is 0 Å². The van der Waals surface area contributed by atoms with Crippen LogP contribution in [0.1, 0.15) is 12.2 Å². The molecule has 0 aliphatic rings. The number of halogens is 2. The van der Waals surface area contributed by atoms with Gasteiger partial charge in [-0.3, -0.25) is 4.79 Å². The molecule has 0 aliphatic carbocycles. The zero-order chi connectivity index (χ0) is 13.8. The molecule has 1 heterocycles. The highest BCUT2D eigenvalue weighted by atomic mass is 19.2. The normalized spacial score (nSPS) is 10.5. The summed E-state index contributed by atoms with van der Waals surface area (Å²) in [6, 6.07) is 3.60. The summed E-state index contributed by atoms with van der Waals surface area (Å²) >= 11 is 0. The van der Waals surface area contributed by atoms with Gasteiger partial charge in [-0.15, -0.1) is 0 Å². The number of H-pyrrole nitrogens is 1. The lowest BCUT2D eigenvalue weighted by atomic mass is 10.1. The van der Waals surface area contributed by atoms with Crippen molar-refractivity contribution >= 4 is 5.97 Å². The first-order chi connectivity index (χ1) is 9.10. The fourth-order valence-electron chi connectivity index (χ4n) is 1.62. The van der Waals surface area contributed by atoms with Gasteiger partial charge in [-0.25, -0.2) is 13.8 Å². The number of esters is 1. The van der Waals surface area contributed by atoms with E-state index in [0.29, 0.717) is 23.5 Å². The zero-order valence-corrected chi connectivity index (χ0v) is 10.2. The molecule has 2 aromatic rings. The fourth-order valence-corrected chi connectivity index (χ4v) is 1.62. The molecular formula is C13H12F2N2O2. The number of aryl methyl sites for hydroxylation is 1. The van der Waals surface area contributed by atoms with Crippen LogP contribution in [0, 0.1) is 11.6 Å². The van der Waals surface area contributed by atoms with Gasteiger partial charge in [-0.1, -0.05) is 0 Å². The van der Waals surface area contributed by atoms with E-state index in [9.17, 15) is 13.6 Å². The van der Waals surface area contributed by atoms with Crippen LogP contribution in [-0.4, -0.2) is 23.0 Å². The summed E-state index contributed by atoms with van der Waals surface area (Å²) in [5.41, 5.74) is 1.06. The lowest BCUT2D eigenvalue weighted by Crippen LogP contribution is -2.02. The number of nitrogens with one attached hydrogen (secondary N) is 1. The van der Waals surface area contributed by atoms with E-state index in [1.165, 1.54) is 19.4 Å². The largest absolute Gasteiger partial charge is 0.469 e. The molecule has 19 heavy (non-hydrogen) atoms. The van der Waals surface area contributed by atoms with Gasteiger partial charge in [0.25, 0.3) is 0 Å². The Bertz CT molecular complexity index is 596. The van der Waals surface area contributed by atoms with Crippen molar-refractivity contribution in [3.8, 4) is 11.3 Å². The molecule has 0 aliphatic heterocycles. The van der Waals surface area contributed by atoms with E-state index < -0.39 is 11.6 Å². The number of aromatic amines is 1. The van der Waals surface area contributed by atoms with E-state index in [2.05, 4.69) is 14.7 Å². The highest BCUT2D eigenvalue weighted by molar-refractivity contribution is 5.69. The topological polar surface area (TPSA) is 55.0 Å². The number of methoxy groups -OCH3 is 1. The van der Waals surface area contributed by atoms with Crippen LogP contribution >= 0.6 is 0 Å². The summed E-state index contributed by atoms with van der Waals surface area (Å²) in [6.07, 6.45) is 2.12. The standard InChI is InChI=1S/C13H12F2N2O2/c1-19-13(18)5-4-12-16-7-11(17-12)8-2-3-9(14)10(15)6-8/h2-3,6-7H,4-5H2,1H3,(H,16,17). The maximum atomic E-state index is 13.1. The van der Waals surface area contributed by atoms with E-state index >= 15 is 0 Å². The molecule has 0 saturated carbocycles. The predicted molar refractivity (Wildman–Crippen MR) is 64.3 cm³/mol. The maximum Gasteiger partial charge on any atom is 0.305 e. The number of rotatable bonds is 4. The minimum atomic E-state index is -0.914. The monoisotopic (exact) mass is 266 g/mol. The molecule has 0 radical (unpaired) electrons. The number of aromatic nitrogens is 2. The molecule has 0 bridgehead atoms. The summed E-state index contributed by atoms with van der Waals surface area (Å²) in [5, 5.41) is 0. The first-order valence-electron chi connectivity index (χ1n) is 5.66. The number of imidazole rings is 1. The van der Waals surface area contributed by atoms with Crippen molar-refractivity contribution in [1.29, 1.82) is 0 Å². The van der Waals surface area contributed by atoms with Gasteiger partial charge in [-0.2, -0.15) is 0 Å². The number of nitrogens with zero attached hydrogens (tertiary/aromatic N) is 1. The average molecular weight is 266 g/mol. The molecule has 0 fully saturated rings. The third-order valence-electron chi connectivity index (χ3n) is 2.65. The third kappa shape index (κ3) is 3.15. The van der Waals surface area contributed by atoms with Crippen LogP contribution in [0.4, 0.5) is 8.78 Å². The van der Waals surface area contributed by atoms with Crippen molar-refractivity contribution in [2.45, 2.75) is 12.8 Å². The van der Waals surface area contributed by atoms with Crippen LogP contribution in [0.5, 0.6) is 0 Å². The fraction of sp³-hybridized carbons (Fsp3) is 0.231. The molecule has 0 atom stereocenters. The molecule has 0 amide bonds. The first-order valence-corrected chi connectivity index (χ1v) is 5.66. The van der Waals surface area contributed by atoms with Gasteiger partial charge in [-0.05, 0) is 18.2 Å². The van der Waals surface area contributed by atoms with Gasteiger partial charge in [0.2, 0.25) is 0 Å². The lowest BCUT2D eigenvalue weighted by molar-refractivity contribution is -0.140. The van der Waals surface area contributed by atoms with E-state index in [1.807, 2.05) is 0 Å². The summed E-state index contributed by atoms with van der Waals surface area (Å²) in [5.74, 6) is -1.55. The van der Waals surface area contributed by atoms with Crippen molar-refractivity contribution < 1.29 is 18.3 Å². The minimum absolute atomic E-state index is 0.210. The molecular weight excluding hydrogens is 254 g/mol. The van der Waals surface area contributed by atoms with E-state index in [0.717, 1.165) is 12.1 Å². The molecule has 1 aromatic heterocycles. The SMILES string of the molecule is COC(=O)CCc1ncc(-c2ccc(F)c(F)c2)[nH]1. The second-order valence-electron chi connectivity index (χ2n) is 3.95. The molecule has 4 nitrogen and oxygen atoms in total. The van der Waals surface area contributed by atoms with E-state index in [1.54, 1.807) is 0 Å². The molecule has 0 spiro atoms. The number of hydrogen-bond acceptors (Lipinski definition) is 3. The van der Waals surface area contributed by atoms with Gasteiger partial charge >= 0.3 is 5.97 Å². The van der Waals surface area contributed by atoms with Crippen LogP contribution < -0.4 is 0 Å². The highest BCUT2D eigenvalue weighted by Gasteiger charge is 2.08. The lowest BCUT2D eigenvalue weighted by Gasteiger charge is -1.99. The zero-order valence-electron chi connectivity index (χ0n) is 10.2. The molecule has 0 unspecified atom stereocenters. The summed E-state index contributed by atoms with van der Waals surface area (Å²) < 4.78 is 30.4. The van der Waals surface area contributed by atoms with Crippen LogP contribution in [0.3, 0.4) is 0 Å². The van der Waals surface area contributed by atoms with Crippen LogP contribution in [-0.2, 0) is 16.0 Å². The quantitative estimate of drug-likeness (QED) is 0.865. The maximum absolute atomic E-state index is 13.1. The Hall–Kier alpha value is -2.24. The first kappa shape index (κ1) is 13.2. The van der Waals surface area contributed by atoms with Crippen LogP contribution in [0.15, 0.2) is 24.4 Å². The van der Waals surface area contributed by atoms with Gasteiger partial charge in [0.15, 0.2) is 11.6 Å². The van der Waals surface area contributed by atoms with Crippen molar-refractivity contribution in [2.24, 2.45) is 0 Å². The van der Waals surface area contributed by atoms with Gasteiger partial charge in [0.05, 0.1) is 25.4 Å². The minimum Gasteiger partial charge on any atom is -0.469 e. The Morgan fingerprint density at radius 2 is 2.16 bits per heavy atom. The van der Waals surface area contributed by atoms with Crippen molar-refractivity contribution in [1.82, 2.24) is 9.97 Å². The van der Waals surface area contributed by atoms with Crippen molar-refractivity contribution in [3.63, 3.8) is 0 Å². The number of carbonyl (C=O) groups excluding carboxylic acids is 1. The second-order valence-corrected chi connectivity index (χ2v) is 3.95. The second kappa shape index (κ2) is 5.60. The van der Waals surface area contributed by atoms with Gasteiger partial charge in [0, 0.05) is 12.0 Å². The Labute approximate surface area is 108 Å². The number of hydrogen-bond donors (Lipinski definition) is 1. The summed E-state index contributed by atoms with van der Waals surface area (Å²) in [6.45, 7) is 0. The molecule has 1 N–H and O–H groups in total. The number of benzene rings is 1. The Morgan fingerprint density at radius 3 is 2.84 bits per heavy atom. The molecule has 2 rings (SSSR count). The van der Waals surface area contributed by atoms with Crippen molar-refractivity contribution in [3.05, 3.63) is 41.9 Å². The summed E-state index contributed by atoms with van der Waals surface area (Å²) in [7, 11) is 1.32. The number of ether oxygens (including phenoxy) is 1. The van der Waals surface area contributed by atoms with Gasteiger partial charge in [0.1, 0.15) is 5.82 Å².